The van der Waals surface area contributed by atoms with Crippen LogP contribution < -0.4 is 14.8 Å². The number of hydrogen-bond acceptors (Lipinski definition) is 3. The first-order chi connectivity index (χ1) is 10.3. The molecule has 0 amide bonds. The van der Waals surface area contributed by atoms with Gasteiger partial charge in [0.2, 0.25) is 0 Å². The van der Waals surface area contributed by atoms with Crippen molar-refractivity contribution in [3.05, 3.63) is 60.2 Å². The van der Waals surface area contributed by atoms with E-state index in [1.165, 1.54) is 5.56 Å². The molecule has 0 saturated carbocycles. The largest absolute Gasteiger partial charge is 0.490 e. The standard InChI is InChI=1S/C18H23NO2/c1-3-13-20-17-11-7-8-12-18(17)21-14-16(19-2)15-9-5-4-6-10-15/h4-12,16,19H,3,13-14H2,1-2H3. The van der Waals surface area contributed by atoms with E-state index in [1.54, 1.807) is 0 Å². The Kier molecular flexibility index (Phi) is 6.10. The molecule has 0 heterocycles. The van der Waals surface area contributed by atoms with E-state index in [9.17, 15) is 0 Å². The van der Waals surface area contributed by atoms with Gasteiger partial charge in [0.1, 0.15) is 6.61 Å². The van der Waals surface area contributed by atoms with Crippen LogP contribution in [0.1, 0.15) is 24.9 Å². The summed E-state index contributed by atoms with van der Waals surface area (Å²) >= 11 is 0. The van der Waals surface area contributed by atoms with Crippen molar-refractivity contribution in [3.63, 3.8) is 0 Å². The van der Waals surface area contributed by atoms with E-state index in [1.807, 2.05) is 49.5 Å². The molecule has 0 aliphatic heterocycles. The van der Waals surface area contributed by atoms with Crippen molar-refractivity contribution in [3.8, 4) is 11.5 Å². The maximum absolute atomic E-state index is 5.95. The Morgan fingerprint density at radius 3 is 2.14 bits per heavy atom. The highest BCUT2D eigenvalue weighted by Crippen LogP contribution is 2.27. The molecule has 112 valence electrons. The van der Waals surface area contributed by atoms with E-state index >= 15 is 0 Å². The van der Waals surface area contributed by atoms with Gasteiger partial charge in [0.15, 0.2) is 11.5 Å². The van der Waals surface area contributed by atoms with E-state index in [0.717, 1.165) is 17.9 Å². The van der Waals surface area contributed by atoms with E-state index < -0.39 is 0 Å². The van der Waals surface area contributed by atoms with Crippen molar-refractivity contribution in [2.24, 2.45) is 0 Å². The predicted octanol–water partition coefficient (Wildman–Crippen LogP) is 3.81. The average Bonchev–Trinajstić information content (AvgIpc) is 2.55. The summed E-state index contributed by atoms with van der Waals surface area (Å²) in [5, 5.41) is 3.29. The second-order valence-corrected chi connectivity index (χ2v) is 4.86. The van der Waals surface area contributed by atoms with E-state index in [-0.39, 0.29) is 6.04 Å². The Labute approximate surface area is 126 Å². The van der Waals surface area contributed by atoms with Crippen molar-refractivity contribution in [2.45, 2.75) is 19.4 Å². The summed E-state index contributed by atoms with van der Waals surface area (Å²) in [5.74, 6) is 1.60. The van der Waals surface area contributed by atoms with Crippen molar-refractivity contribution >= 4 is 0 Å². The van der Waals surface area contributed by atoms with Crippen LogP contribution in [0.2, 0.25) is 0 Å². The van der Waals surface area contributed by atoms with Crippen molar-refractivity contribution in [1.29, 1.82) is 0 Å². The molecule has 0 bridgehead atoms. The second-order valence-electron chi connectivity index (χ2n) is 4.86. The summed E-state index contributed by atoms with van der Waals surface area (Å²) in [6, 6.07) is 18.3. The molecule has 3 heteroatoms. The highest BCUT2D eigenvalue weighted by molar-refractivity contribution is 5.39. The first-order valence-corrected chi connectivity index (χ1v) is 7.42. The number of ether oxygens (including phenoxy) is 2. The molecule has 0 fully saturated rings. The Hall–Kier alpha value is -2.00. The third-order valence-electron chi connectivity index (χ3n) is 3.27. The number of benzene rings is 2. The van der Waals surface area contributed by atoms with Crippen LogP contribution in [0.5, 0.6) is 11.5 Å². The van der Waals surface area contributed by atoms with Gasteiger partial charge >= 0.3 is 0 Å². The molecule has 0 aliphatic rings. The normalized spacial score (nSPS) is 11.9. The lowest BCUT2D eigenvalue weighted by molar-refractivity contribution is 0.245. The fourth-order valence-corrected chi connectivity index (χ4v) is 2.11. The Bertz CT molecular complexity index is 528. The predicted molar refractivity (Wildman–Crippen MR) is 86.0 cm³/mol. The molecule has 3 nitrogen and oxygen atoms in total. The van der Waals surface area contributed by atoms with Crippen molar-refractivity contribution in [1.82, 2.24) is 5.32 Å². The van der Waals surface area contributed by atoms with Gasteiger partial charge < -0.3 is 14.8 Å². The lowest BCUT2D eigenvalue weighted by Crippen LogP contribution is -2.23. The van der Waals surface area contributed by atoms with Crippen LogP contribution in [-0.4, -0.2) is 20.3 Å². The van der Waals surface area contributed by atoms with Gasteiger partial charge in [0.25, 0.3) is 0 Å². The van der Waals surface area contributed by atoms with Gasteiger partial charge in [-0.3, -0.25) is 0 Å². The van der Waals surface area contributed by atoms with E-state index in [0.29, 0.717) is 13.2 Å². The number of hydrogen-bond donors (Lipinski definition) is 1. The van der Waals surface area contributed by atoms with Crippen LogP contribution in [0, 0.1) is 0 Å². The molecule has 0 radical (unpaired) electrons. The molecule has 0 aromatic heterocycles. The molecule has 1 N–H and O–H groups in total. The van der Waals surface area contributed by atoms with Gasteiger partial charge in [-0.2, -0.15) is 0 Å². The topological polar surface area (TPSA) is 30.5 Å². The lowest BCUT2D eigenvalue weighted by atomic mass is 10.1. The molecule has 2 rings (SSSR count). The first kappa shape index (κ1) is 15.4. The summed E-state index contributed by atoms with van der Waals surface area (Å²) in [7, 11) is 1.94. The Balaban J connectivity index is 2.01. The smallest absolute Gasteiger partial charge is 0.161 e. The first-order valence-electron chi connectivity index (χ1n) is 7.42. The fraction of sp³-hybridized carbons (Fsp3) is 0.333. The third kappa shape index (κ3) is 4.50. The van der Waals surface area contributed by atoms with Crippen LogP contribution in [0.15, 0.2) is 54.6 Å². The second kappa shape index (κ2) is 8.32. The molecular weight excluding hydrogens is 262 g/mol. The molecule has 0 spiro atoms. The molecule has 2 aromatic carbocycles. The van der Waals surface area contributed by atoms with Crippen LogP contribution in [-0.2, 0) is 0 Å². The van der Waals surface area contributed by atoms with E-state index in [2.05, 4.69) is 24.4 Å². The van der Waals surface area contributed by atoms with Crippen LogP contribution in [0.3, 0.4) is 0 Å². The van der Waals surface area contributed by atoms with Gasteiger partial charge in [0, 0.05) is 0 Å². The molecule has 0 saturated heterocycles. The SMILES string of the molecule is CCCOc1ccccc1OCC(NC)c1ccccc1. The molecule has 21 heavy (non-hydrogen) atoms. The zero-order valence-electron chi connectivity index (χ0n) is 12.7. The minimum atomic E-state index is 0.158. The summed E-state index contributed by atoms with van der Waals surface area (Å²) in [5.41, 5.74) is 1.21. The molecular formula is C18H23NO2. The van der Waals surface area contributed by atoms with Gasteiger partial charge in [0.05, 0.1) is 12.6 Å². The maximum Gasteiger partial charge on any atom is 0.161 e. The minimum Gasteiger partial charge on any atom is -0.490 e. The number of likely N-dealkylation sites (N-methyl/N-ethyl adjacent to an activating group) is 1. The average molecular weight is 285 g/mol. The van der Waals surface area contributed by atoms with Crippen molar-refractivity contribution in [2.75, 3.05) is 20.3 Å². The lowest BCUT2D eigenvalue weighted by Gasteiger charge is -2.19. The molecule has 1 atom stereocenters. The number of nitrogens with one attached hydrogen (secondary N) is 1. The zero-order chi connectivity index (χ0) is 14.9. The quantitative estimate of drug-likeness (QED) is 0.800. The summed E-state index contributed by atoms with van der Waals surface area (Å²) < 4.78 is 11.7. The van der Waals surface area contributed by atoms with Gasteiger partial charge in [-0.25, -0.2) is 0 Å². The molecule has 2 aromatic rings. The number of para-hydroxylation sites is 2. The zero-order valence-corrected chi connectivity index (χ0v) is 12.7. The highest BCUT2D eigenvalue weighted by Gasteiger charge is 2.11. The highest BCUT2D eigenvalue weighted by atomic mass is 16.5. The van der Waals surface area contributed by atoms with Gasteiger partial charge in [-0.1, -0.05) is 49.4 Å². The van der Waals surface area contributed by atoms with E-state index in [4.69, 9.17) is 9.47 Å². The molecule has 1 unspecified atom stereocenters. The van der Waals surface area contributed by atoms with Gasteiger partial charge in [-0.05, 0) is 31.2 Å². The fourth-order valence-electron chi connectivity index (χ4n) is 2.11. The van der Waals surface area contributed by atoms with Crippen LogP contribution >= 0.6 is 0 Å². The van der Waals surface area contributed by atoms with Crippen LogP contribution in [0.4, 0.5) is 0 Å². The molecule has 0 aliphatic carbocycles. The summed E-state index contributed by atoms with van der Waals surface area (Å²) in [4.78, 5) is 0. The Morgan fingerprint density at radius 2 is 1.52 bits per heavy atom. The maximum atomic E-state index is 5.95. The summed E-state index contributed by atoms with van der Waals surface area (Å²) in [6.45, 7) is 3.36. The monoisotopic (exact) mass is 285 g/mol. The number of rotatable bonds is 8. The Morgan fingerprint density at radius 1 is 0.905 bits per heavy atom. The van der Waals surface area contributed by atoms with Crippen LogP contribution in [0.25, 0.3) is 0 Å². The van der Waals surface area contributed by atoms with Crippen molar-refractivity contribution < 1.29 is 9.47 Å². The summed E-state index contributed by atoms with van der Waals surface area (Å²) in [6.07, 6.45) is 0.984. The third-order valence-corrected chi connectivity index (χ3v) is 3.27. The minimum absolute atomic E-state index is 0.158. The van der Waals surface area contributed by atoms with Gasteiger partial charge in [-0.15, -0.1) is 0 Å².